The molecule has 124 valence electrons. The van der Waals surface area contributed by atoms with Gasteiger partial charge in [-0.1, -0.05) is 43.1 Å². The van der Waals surface area contributed by atoms with Gasteiger partial charge in [0.25, 0.3) is 6.01 Å². The van der Waals surface area contributed by atoms with Crippen molar-refractivity contribution in [3.05, 3.63) is 52.0 Å². The number of benzene rings is 2. The van der Waals surface area contributed by atoms with Crippen LogP contribution in [-0.2, 0) is 11.2 Å². The zero-order valence-corrected chi connectivity index (χ0v) is 14.8. The van der Waals surface area contributed by atoms with E-state index in [-0.39, 0.29) is 11.7 Å². The Kier molecular flexibility index (Phi) is 4.78. The summed E-state index contributed by atoms with van der Waals surface area (Å²) in [5.74, 6) is 0.204. The maximum absolute atomic E-state index is 11.9. The minimum Gasteiger partial charge on any atom is -0.423 e. The number of carbonyl (C=O) groups is 1. The van der Waals surface area contributed by atoms with E-state index in [9.17, 15) is 4.79 Å². The summed E-state index contributed by atoms with van der Waals surface area (Å²) in [4.78, 5) is 16.2. The molecule has 3 rings (SSSR count). The van der Waals surface area contributed by atoms with E-state index in [1.54, 1.807) is 18.2 Å². The first-order valence-electron chi connectivity index (χ1n) is 7.56. The summed E-state index contributed by atoms with van der Waals surface area (Å²) in [7, 11) is 0. The number of carbonyl (C=O) groups excluding carboxylic acids is 1. The Labute approximate surface area is 149 Å². The number of oxazole rings is 1. The van der Waals surface area contributed by atoms with Crippen LogP contribution in [0.2, 0.25) is 10.0 Å². The van der Waals surface area contributed by atoms with Gasteiger partial charge < -0.3 is 9.73 Å². The van der Waals surface area contributed by atoms with Crippen LogP contribution in [0.1, 0.15) is 19.4 Å². The molecule has 2 aromatic carbocycles. The molecule has 0 fully saturated rings. The van der Waals surface area contributed by atoms with Crippen LogP contribution in [0.15, 0.2) is 40.8 Å². The quantitative estimate of drug-likeness (QED) is 0.637. The summed E-state index contributed by atoms with van der Waals surface area (Å²) in [6.45, 7) is 3.79. The van der Waals surface area contributed by atoms with Crippen molar-refractivity contribution in [1.82, 2.24) is 4.98 Å². The van der Waals surface area contributed by atoms with Crippen LogP contribution in [0.4, 0.5) is 11.7 Å². The molecule has 3 aromatic rings. The number of fused-ring (bicyclic) bond motifs is 1. The van der Waals surface area contributed by atoms with E-state index in [0.717, 1.165) is 5.56 Å². The van der Waals surface area contributed by atoms with Crippen LogP contribution in [0.5, 0.6) is 0 Å². The lowest BCUT2D eigenvalue weighted by molar-refractivity contribution is -0.121. The zero-order chi connectivity index (χ0) is 17.3. The van der Waals surface area contributed by atoms with E-state index in [0.29, 0.717) is 39.3 Å². The fraction of sp³-hybridized carbons (Fsp3) is 0.222. The fourth-order valence-corrected chi connectivity index (χ4v) is 2.58. The van der Waals surface area contributed by atoms with Crippen molar-refractivity contribution in [2.24, 2.45) is 5.92 Å². The molecular formula is C18H16Cl2N2O2. The van der Waals surface area contributed by atoms with Gasteiger partial charge >= 0.3 is 0 Å². The van der Waals surface area contributed by atoms with Gasteiger partial charge in [0.2, 0.25) is 0 Å². The summed E-state index contributed by atoms with van der Waals surface area (Å²) in [5, 5.41) is 4.10. The summed E-state index contributed by atoms with van der Waals surface area (Å²) >= 11 is 12.1. The molecule has 0 bridgehead atoms. The van der Waals surface area contributed by atoms with E-state index in [4.69, 9.17) is 27.6 Å². The van der Waals surface area contributed by atoms with Crippen molar-refractivity contribution in [2.75, 3.05) is 5.32 Å². The van der Waals surface area contributed by atoms with Gasteiger partial charge in [0, 0.05) is 17.4 Å². The fourth-order valence-electron chi connectivity index (χ4n) is 2.25. The molecule has 0 atom stereocenters. The van der Waals surface area contributed by atoms with Gasteiger partial charge in [-0.2, -0.15) is 4.98 Å². The van der Waals surface area contributed by atoms with Crippen LogP contribution < -0.4 is 5.32 Å². The smallest absolute Gasteiger partial charge is 0.300 e. The first-order chi connectivity index (χ1) is 11.4. The molecule has 1 aromatic heterocycles. The predicted octanol–water partition coefficient (Wildman–Crippen LogP) is 5.65. The van der Waals surface area contributed by atoms with Crippen molar-refractivity contribution in [1.29, 1.82) is 0 Å². The Bertz CT molecular complexity index is 903. The SMILES string of the molecule is CC(C)C(=O)Cc1ccc2nc(Nc3cc(Cl)ccc3Cl)oc2c1. The minimum atomic E-state index is 0.0117. The maximum Gasteiger partial charge on any atom is 0.300 e. The third-order valence-electron chi connectivity index (χ3n) is 3.65. The average molecular weight is 363 g/mol. The van der Waals surface area contributed by atoms with Crippen molar-refractivity contribution in [3.63, 3.8) is 0 Å². The Morgan fingerprint density at radius 3 is 2.75 bits per heavy atom. The molecule has 0 unspecified atom stereocenters. The van der Waals surface area contributed by atoms with Gasteiger partial charge in [-0.15, -0.1) is 0 Å². The number of aromatic nitrogens is 1. The van der Waals surface area contributed by atoms with E-state index < -0.39 is 0 Å². The molecule has 6 heteroatoms. The third-order valence-corrected chi connectivity index (χ3v) is 4.21. The Hall–Kier alpha value is -2.04. The zero-order valence-electron chi connectivity index (χ0n) is 13.3. The average Bonchev–Trinajstić information content (AvgIpc) is 2.92. The van der Waals surface area contributed by atoms with Gasteiger partial charge in [-0.25, -0.2) is 0 Å². The molecule has 4 nitrogen and oxygen atoms in total. The number of hydrogen-bond acceptors (Lipinski definition) is 4. The molecular weight excluding hydrogens is 347 g/mol. The van der Waals surface area contributed by atoms with Crippen molar-refractivity contribution in [2.45, 2.75) is 20.3 Å². The molecule has 1 N–H and O–H groups in total. The van der Waals surface area contributed by atoms with Gasteiger partial charge in [-0.3, -0.25) is 4.79 Å². The molecule has 24 heavy (non-hydrogen) atoms. The van der Waals surface area contributed by atoms with Gasteiger partial charge in [0.15, 0.2) is 5.58 Å². The molecule has 0 spiro atoms. The largest absolute Gasteiger partial charge is 0.423 e. The van der Waals surface area contributed by atoms with Crippen LogP contribution in [0.25, 0.3) is 11.1 Å². The summed E-state index contributed by atoms with van der Waals surface area (Å²) in [5.41, 5.74) is 2.84. The highest BCUT2D eigenvalue weighted by Gasteiger charge is 2.12. The number of ketones is 1. The van der Waals surface area contributed by atoms with E-state index in [1.165, 1.54) is 0 Å². The number of rotatable bonds is 5. The number of hydrogen-bond donors (Lipinski definition) is 1. The number of anilines is 2. The molecule has 0 saturated heterocycles. The highest BCUT2D eigenvalue weighted by Crippen LogP contribution is 2.30. The number of Topliss-reactive ketones (excluding diaryl/α,β-unsaturated/α-hetero) is 1. The van der Waals surface area contributed by atoms with Crippen LogP contribution in [0, 0.1) is 5.92 Å². The Morgan fingerprint density at radius 2 is 2.00 bits per heavy atom. The molecule has 0 radical (unpaired) electrons. The molecule has 0 amide bonds. The summed E-state index contributed by atoms with van der Waals surface area (Å²) in [6, 6.07) is 11.0. The molecule has 0 aliphatic heterocycles. The molecule has 0 aliphatic carbocycles. The van der Waals surface area contributed by atoms with Gasteiger partial charge in [0.1, 0.15) is 11.3 Å². The van der Waals surface area contributed by atoms with E-state index in [1.807, 2.05) is 32.0 Å². The predicted molar refractivity (Wildman–Crippen MR) is 97.3 cm³/mol. The second-order valence-electron chi connectivity index (χ2n) is 5.87. The van der Waals surface area contributed by atoms with E-state index in [2.05, 4.69) is 10.3 Å². The highest BCUT2D eigenvalue weighted by molar-refractivity contribution is 6.35. The van der Waals surface area contributed by atoms with E-state index >= 15 is 0 Å². The minimum absolute atomic E-state index is 0.0117. The Morgan fingerprint density at radius 1 is 1.21 bits per heavy atom. The first kappa shape index (κ1) is 16.8. The Balaban J connectivity index is 1.86. The topological polar surface area (TPSA) is 55.1 Å². The standard InChI is InChI=1S/C18H16Cl2N2O2/c1-10(2)16(23)7-11-3-6-14-17(8-11)24-18(21-14)22-15-9-12(19)4-5-13(15)20/h3-6,8-10H,7H2,1-2H3,(H,21,22). The monoisotopic (exact) mass is 362 g/mol. The molecule has 0 aliphatic rings. The van der Waals surface area contributed by atoms with Crippen molar-refractivity contribution < 1.29 is 9.21 Å². The lowest BCUT2D eigenvalue weighted by atomic mass is 10.0. The normalized spacial score (nSPS) is 11.2. The second-order valence-corrected chi connectivity index (χ2v) is 6.71. The van der Waals surface area contributed by atoms with Crippen molar-refractivity contribution in [3.8, 4) is 0 Å². The number of halogens is 2. The van der Waals surface area contributed by atoms with Crippen LogP contribution in [0.3, 0.4) is 0 Å². The molecule has 1 heterocycles. The van der Waals surface area contributed by atoms with Crippen molar-refractivity contribution >= 4 is 51.8 Å². The van der Waals surface area contributed by atoms with Gasteiger partial charge in [-0.05, 0) is 35.9 Å². The highest BCUT2D eigenvalue weighted by atomic mass is 35.5. The third kappa shape index (κ3) is 3.71. The lowest BCUT2D eigenvalue weighted by Crippen LogP contribution is -2.09. The van der Waals surface area contributed by atoms with Crippen LogP contribution >= 0.6 is 23.2 Å². The maximum atomic E-state index is 11.9. The molecule has 0 saturated carbocycles. The first-order valence-corrected chi connectivity index (χ1v) is 8.32. The van der Waals surface area contributed by atoms with Crippen LogP contribution in [-0.4, -0.2) is 10.8 Å². The summed E-state index contributed by atoms with van der Waals surface area (Å²) in [6.07, 6.45) is 0.386. The second kappa shape index (κ2) is 6.83. The van der Waals surface area contributed by atoms with Gasteiger partial charge in [0.05, 0.1) is 10.7 Å². The summed E-state index contributed by atoms with van der Waals surface area (Å²) < 4.78 is 5.71. The number of nitrogens with one attached hydrogen (secondary N) is 1. The number of nitrogens with zero attached hydrogens (tertiary/aromatic N) is 1. The lowest BCUT2D eigenvalue weighted by Gasteiger charge is -2.04.